The predicted octanol–water partition coefficient (Wildman–Crippen LogP) is 1.18. The van der Waals surface area contributed by atoms with Gasteiger partial charge in [0, 0.05) is 49.7 Å². The molecule has 0 radical (unpaired) electrons. The number of β-amino-alcohol motifs (C(OH)–C–C–N with tert-alkyl or cyclic N) is 1. The molecule has 3 aromatic rings. The van der Waals surface area contributed by atoms with Crippen LogP contribution in [-0.2, 0) is 0 Å². The van der Waals surface area contributed by atoms with E-state index >= 15 is 0 Å². The lowest BCUT2D eigenvalue weighted by Crippen LogP contribution is -2.30. The number of aliphatic hydroxyl groups excluding tert-OH is 1. The Labute approximate surface area is 179 Å². The molecule has 3 heterocycles. The molecule has 1 amide bonds. The highest BCUT2D eigenvalue weighted by atomic mass is 16.3. The summed E-state index contributed by atoms with van der Waals surface area (Å²) in [6, 6.07) is 14.7. The summed E-state index contributed by atoms with van der Waals surface area (Å²) in [5.41, 5.74) is 0.926. The molecule has 8 heteroatoms. The molecule has 3 N–H and O–H groups in total. The number of aliphatic hydroxyl groups is 1. The minimum absolute atomic E-state index is 0.0744. The Hall–Kier alpha value is -3.52. The van der Waals surface area contributed by atoms with Gasteiger partial charge in [-0.3, -0.25) is 9.59 Å². The van der Waals surface area contributed by atoms with Gasteiger partial charge in [-0.1, -0.05) is 30.3 Å². The fourth-order valence-electron chi connectivity index (χ4n) is 5.06. The number of amides is 1. The predicted molar refractivity (Wildman–Crippen MR) is 115 cm³/mol. The number of benzene rings is 1. The number of carbonyl (C=O) groups is 1. The maximum Gasteiger partial charge on any atom is 0.252 e. The van der Waals surface area contributed by atoms with Crippen molar-refractivity contribution in [1.29, 1.82) is 0 Å². The molecule has 158 valence electrons. The molecule has 1 saturated heterocycles. The first kappa shape index (κ1) is 19.4. The zero-order valence-electron chi connectivity index (χ0n) is 16.8. The molecule has 1 spiro atoms. The van der Waals surface area contributed by atoms with Crippen LogP contribution < -0.4 is 15.8 Å². The number of aromatic amines is 1. The van der Waals surface area contributed by atoms with E-state index in [1.165, 1.54) is 18.3 Å². The SMILES string of the molecule is O=C(NC[C@@H]1[C@@H](c2ccccc2)[C@]12CN(c1ncccn1)C[C@@H]2O)c1ccc(=O)[nH]c1. The van der Waals surface area contributed by atoms with Gasteiger partial charge in [-0.25, -0.2) is 9.97 Å². The zero-order valence-corrected chi connectivity index (χ0v) is 16.8. The highest BCUT2D eigenvalue weighted by Gasteiger charge is 2.71. The van der Waals surface area contributed by atoms with E-state index in [0.29, 0.717) is 31.1 Å². The van der Waals surface area contributed by atoms with E-state index in [2.05, 4.69) is 32.4 Å². The Morgan fingerprint density at radius 3 is 2.65 bits per heavy atom. The van der Waals surface area contributed by atoms with Gasteiger partial charge in [-0.05, 0) is 29.5 Å². The zero-order chi connectivity index (χ0) is 21.4. The van der Waals surface area contributed by atoms with Gasteiger partial charge in [0.05, 0.1) is 11.7 Å². The van der Waals surface area contributed by atoms with Gasteiger partial charge in [0.2, 0.25) is 11.5 Å². The van der Waals surface area contributed by atoms with E-state index in [0.717, 1.165) is 5.56 Å². The van der Waals surface area contributed by atoms with Crippen LogP contribution in [-0.4, -0.2) is 51.7 Å². The second-order valence-corrected chi connectivity index (χ2v) is 8.20. The lowest BCUT2D eigenvalue weighted by atomic mass is 9.95. The minimum atomic E-state index is -0.559. The molecule has 8 nitrogen and oxygen atoms in total. The van der Waals surface area contributed by atoms with Gasteiger partial charge >= 0.3 is 0 Å². The van der Waals surface area contributed by atoms with Crippen molar-refractivity contribution >= 4 is 11.9 Å². The lowest BCUT2D eigenvalue weighted by Gasteiger charge is -2.16. The number of H-pyrrole nitrogens is 1. The molecule has 4 atom stereocenters. The van der Waals surface area contributed by atoms with Crippen molar-refractivity contribution in [3.8, 4) is 0 Å². The van der Waals surface area contributed by atoms with E-state index in [4.69, 9.17) is 0 Å². The van der Waals surface area contributed by atoms with Crippen LogP contribution in [0.5, 0.6) is 0 Å². The van der Waals surface area contributed by atoms with Gasteiger partial charge in [0.1, 0.15) is 0 Å². The molecule has 2 fully saturated rings. The van der Waals surface area contributed by atoms with E-state index in [1.807, 2.05) is 23.1 Å². The van der Waals surface area contributed by atoms with E-state index in [1.54, 1.807) is 18.5 Å². The molecule has 1 saturated carbocycles. The standard InChI is InChI=1S/C23H23N5O3/c29-18-13-28(22-24-9-4-10-25-22)14-23(18)17(20(23)15-5-2-1-3-6-15)12-27-21(31)16-7-8-19(30)26-11-16/h1-11,17-18,20,29H,12-14H2,(H,26,30)(H,27,31)/t17-,18+,20-,23-/m1/s1. The van der Waals surface area contributed by atoms with Crippen LogP contribution in [0.1, 0.15) is 21.8 Å². The molecular weight excluding hydrogens is 394 g/mol. The molecule has 2 aliphatic rings. The number of aromatic nitrogens is 3. The Bertz CT molecular complexity index is 1120. The summed E-state index contributed by atoms with van der Waals surface area (Å²) in [6.07, 6.45) is 4.25. The summed E-state index contributed by atoms with van der Waals surface area (Å²) in [7, 11) is 0. The first-order chi connectivity index (χ1) is 15.1. The van der Waals surface area contributed by atoms with Crippen molar-refractivity contribution < 1.29 is 9.90 Å². The first-order valence-electron chi connectivity index (χ1n) is 10.3. The Morgan fingerprint density at radius 2 is 1.94 bits per heavy atom. The van der Waals surface area contributed by atoms with Crippen LogP contribution >= 0.6 is 0 Å². The third-order valence-electron chi connectivity index (χ3n) is 6.56. The summed E-state index contributed by atoms with van der Waals surface area (Å²) < 4.78 is 0. The van der Waals surface area contributed by atoms with Crippen LogP contribution in [0.4, 0.5) is 5.95 Å². The van der Waals surface area contributed by atoms with Crippen molar-refractivity contribution in [2.45, 2.75) is 12.0 Å². The Balaban J connectivity index is 1.38. The normalized spacial score (nSPS) is 26.7. The van der Waals surface area contributed by atoms with Crippen molar-refractivity contribution in [3.63, 3.8) is 0 Å². The molecule has 1 aliphatic heterocycles. The molecule has 2 aromatic heterocycles. The van der Waals surface area contributed by atoms with E-state index < -0.39 is 6.10 Å². The van der Waals surface area contributed by atoms with E-state index in [-0.39, 0.29) is 28.7 Å². The lowest BCUT2D eigenvalue weighted by molar-refractivity contribution is 0.0939. The van der Waals surface area contributed by atoms with Gasteiger partial charge in [0.15, 0.2) is 0 Å². The Kier molecular flexibility index (Phi) is 4.78. The van der Waals surface area contributed by atoms with Crippen LogP contribution in [0.2, 0.25) is 0 Å². The van der Waals surface area contributed by atoms with Crippen LogP contribution in [0.3, 0.4) is 0 Å². The van der Waals surface area contributed by atoms with Crippen molar-refractivity contribution in [3.05, 3.63) is 88.6 Å². The summed E-state index contributed by atoms with van der Waals surface area (Å²) in [4.78, 5) is 37.0. The van der Waals surface area contributed by atoms with E-state index in [9.17, 15) is 14.7 Å². The highest BCUT2D eigenvalue weighted by molar-refractivity contribution is 5.93. The molecule has 5 rings (SSSR count). The first-order valence-corrected chi connectivity index (χ1v) is 10.3. The smallest absolute Gasteiger partial charge is 0.252 e. The maximum absolute atomic E-state index is 12.6. The number of anilines is 1. The second-order valence-electron chi connectivity index (χ2n) is 8.20. The van der Waals surface area contributed by atoms with Crippen molar-refractivity contribution in [1.82, 2.24) is 20.3 Å². The topological polar surface area (TPSA) is 111 Å². The molecule has 31 heavy (non-hydrogen) atoms. The van der Waals surface area contributed by atoms with Gasteiger partial charge in [-0.15, -0.1) is 0 Å². The van der Waals surface area contributed by atoms with Crippen molar-refractivity contribution in [2.24, 2.45) is 11.3 Å². The third kappa shape index (κ3) is 3.38. The van der Waals surface area contributed by atoms with Gasteiger partial charge < -0.3 is 20.3 Å². The van der Waals surface area contributed by atoms with Crippen LogP contribution in [0.25, 0.3) is 0 Å². The minimum Gasteiger partial charge on any atom is -0.391 e. The number of nitrogens with one attached hydrogen (secondary N) is 2. The number of hydrogen-bond acceptors (Lipinski definition) is 6. The summed E-state index contributed by atoms with van der Waals surface area (Å²) >= 11 is 0. The summed E-state index contributed by atoms with van der Waals surface area (Å²) in [5, 5.41) is 14.1. The number of rotatable bonds is 5. The van der Waals surface area contributed by atoms with Crippen LogP contribution in [0.15, 0.2) is 71.9 Å². The highest BCUT2D eigenvalue weighted by Crippen LogP contribution is 2.68. The second kappa shape index (κ2) is 7.63. The number of carbonyl (C=O) groups excluding carboxylic acids is 1. The largest absolute Gasteiger partial charge is 0.391 e. The quantitative estimate of drug-likeness (QED) is 0.575. The molecular formula is C23H23N5O3. The van der Waals surface area contributed by atoms with Crippen LogP contribution in [0, 0.1) is 11.3 Å². The number of pyridine rings is 1. The summed E-state index contributed by atoms with van der Waals surface area (Å²) in [5.74, 6) is 0.549. The maximum atomic E-state index is 12.6. The average Bonchev–Trinajstić information content (AvgIpc) is 3.32. The van der Waals surface area contributed by atoms with Gasteiger partial charge in [0.25, 0.3) is 5.91 Å². The summed E-state index contributed by atoms with van der Waals surface area (Å²) in [6.45, 7) is 1.51. The number of nitrogens with zero attached hydrogens (tertiary/aromatic N) is 3. The monoisotopic (exact) mass is 417 g/mol. The Morgan fingerprint density at radius 1 is 1.16 bits per heavy atom. The molecule has 0 bridgehead atoms. The van der Waals surface area contributed by atoms with Gasteiger partial charge in [-0.2, -0.15) is 0 Å². The average molecular weight is 417 g/mol. The molecule has 0 unspecified atom stereocenters. The fourth-order valence-corrected chi connectivity index (χ4v) is 5.06. The third-order valence-corrected chi connectivity index (χ3v) is 6.56. The molecule has 1 aromatic carbocycles. The van der Waals surface area contributed by atoms with Crippen molar-refractivity contribution in [2.75, 3.05) is 24.5 Å². The number of hydrogen-bond donors (Lipinski definition) is 3. The fraction of sp³-hybridized carbons (Fsp3) is 0.304. The molecule has 1 aliphatic carbocycles.